The van der Waals surface area contributed by atoms with Gasteiger partial charge in [0, 0.05) is 19.2 Å². The van der Waals surface area contributed by atoms with Crippen LogP contribution >= 0.6 is 0 Å². The molecule has 29 heavy (non-hydrogen) atoms. The molecule has 8 nitrogen and oxygen atoms in total. The van der Waals surface area contributed by atoms with Gasteiger partial charge in [0.15, 0.2) is 6.10 Å². The zero-order valence-corrected chi connectivity index (χ0v) is 16.7. The van der Waals surface area contributed by atoms with Gasteiger partial charge in [0.2, 0.25) is 0 Å². The molecule has 0 heterocycles. The fourth-order valence-electron chi connectivity index (χ4n) is 2.48. The molecule has 0 radical (unpaired) electrons. The summed E-state index contributed by atoms with van der Waals surface area (Å²) in [5, 5.41) is 17.1. The van der Waals surface area contributed by atoms with Crippen molar-refractivity contribution in [3.8, 4) is 0 Å². The van der Waals surface area contributed by atoms with Gasteiger partial charge in [-0.25, -0.2) is 4.79 Å². The highest BCUT2D eigenvalue weighted by Crippen LogP contribution is 2.26. The minimum absolute atomic E-state index is 0.00507. The molecule has 0 aliphatic heterocycles. The largest absolute Gasteiger partial charge is 0.449 e. The van der Waals surface area contributed by atoms with Crippen LogP contribution < -0.4 is 10.6 Å². The Kier molecular flexibility index (Phi) is 7.70. The molecule has 154 valence electrons. The Labute approximate surface area is 169 Å². The van der Waals surface area contributed by atoms with Crippen molar-refractivity contribution < 1.29 is 19.2 Å². The molecule has 0 saturated carbocycles. The van der Waals surface area contributed by atoms with Gasteiger partial charge in [-0.05, 0) is 30.5 Å². The number of carbonyl (C=O) groups excluding carboxylic acids is 2. The average Bonchev–Trinajstić information content (AvgIpc) is 2.70. The van der Waals surface area contributed by atoms with Crippen LogP contribution in [-0.2, 0) is 16.1 Å². The van der Waals surface area contributed by atoms with Crippen LogP contribution in [0.1, 0.15) is 36.7 Å². The van der Waals surface area contributed by atoms with Gasteiger partial charge in [-0.3, -0.25) is 14.9 Å². The van der Waals surface area contributed by atoms with E-state index >= 15 is 0 Å². The number of ether oxygens (including phenoxy) is 1. The van der Waals surface area contributed by atoms with Crippen molar-refractivity contribution >= 4 is 23.3 Å². The maximum Gasteiger partial charge on any atom is 0.339 e. The van der Waals surface area contributed by atoms with Crippen molar-refractivity contribution in [3.63, 3.8) is 0 Å². The van der Waals surface area contributed by atoms with Gasteiger partial charge in [-0.2, -0.15) is 0 Å². The Bertz CT molecular complexity index is 868. The summed E-state index contributed by atoms with van der Waals surface area (Å²) in [4.78, 5) is 35.1. The molecule has 0 saturated heterocycles. The summed E-state index contributed by atoms with van der Waals surface area (Å²) in [6.07, 6.45) is -1.00. The summed E-state index contributed by atoms with van der Waals surface area (Å²) in [6.45, 7) is 6.22. The number of benzene rings is 2. The molecule has 0 aromatic heterocycles. The lowest BCUT2D eigenvalue weighted by molar-refractivity contribution is -0.384. The predicted octanol–water partition coefficient (Wildman–Crippen LogP) is 3.52. The van der Waals surface area contributed by atoms with Crippen molar-refractivity contribution in [2.24, 2.45) is 5.92 Å². The highest BCUT2D eigenvalue weighted by Gasteiger charge is 2.22. The van der Waals surface area contributed by atoms with E-state index in [0.717, 1.165) is 11.6 Å². The minimum atomic E-state index is -1.00. The number of hydrogen-bond donors (Lipinski definition) is 2. The number of nitrogens with one attached hydrogen (secondary N) is 2. The highest BCUT2D eigenvalue weighted by atomic mass is 16.6. The first-order chi connectivity index (χ1) is 13.8. The number of esters is 1. The standard InChI is InChI=1S/C21H25N3O5/c1-14(2)12-23-20(25)15(3)29-21(26)17-9-10-18(19(11-17)24(27)28)22-13-16-7-5-4-6-8-16/h4-11,14-15,22H,12-13H2,1-3H3,(H,23,25)/t15-/m1/s1. The van der Waals surface area contributed by atoms with Gasteiger partial charge >= 0.3 is 5.97 Å². The average molecular weight is 399 g/mol. The van der Waals surface area contributed by atoms with Gasteiger partial charge in [0.1, 0.15) is 5.69 Å². The monoisotopic (exact) mass is 399 g/mol. The third-order valence-corrected chi connectivity index (χ3v) is 4.09. The second-order valence-electron chi connectivity index (χ2n) is 7.01. The molecule has 1 atom stereocenters. The fraction of sp³-hybridized carbons (Fsp3) is 0.333. The summed E-state index contributed by atoms with van der Waals surface area (Å²) >= 11 is 0. The van der Waals surface area contributed by atoms with E-state index in [2.05, 4.69) is 10.6 Å². The van der Waals surface area contributed by atoms with E-state index in [1.807, 2.05) is 44.2 Å². The van der Waals surface area contributed by atoms with Crippen LogP contribution in [0.3, 0.4) is 0 Å². The molecule has 0 aliphatic rings. The topological polar surface area (TPSA) is 111 Å². The molecule has 0 bridgehead atoms. The van der Waals surface area contributed by atoms with Crippen LogP contribution in [0.2, 0.25) is 0 Å². The molecule has 2 N–H and O–H groups in total. The number of amides is 1. The SMILES string of the molecule is CC(C)CNC(=O)[C@@H](C)OC(=O)c1ccc(NCc2ccccc2)c([N+](=O)[O-])c1. The Hall–Kier alpha value is -3.42. The molecule has 8 heteroatoms. The molecular weight excluding hydrogens is 374 g/mol. The third kappa shape index (κ3) is 6.60. The number of nitro benzene ring substituents is 1. The van der Waals surface area contributed by atoms with E-state index in [4.69, 9.17) is 4.74 Å². The maximum absolute atomic E-state index is 12.3. The Morgan fingerprint density at radius 2 is 1.79 bits per heavy atom. The lowest BCUT2D eigenvalue weighted by atomic mass is 10.1. The lowest BCUT2D eigenvalue weighted by Crippen LogP contribution is -2.37. The first-order valence-electron chi connectivity index (χ1n) is 9.33. The summed E-state index contributed by atoms with van der Waals surface area (Å²) in [7, 11) is 0. The van der Waals surface area contributed by atoms with E-state index in [0.29, 0.717) is 13.1 Å². The second kappa shape index (κ2) is 10.2. The van der Waals surface area contributed by atoms with E-state index in [9.17, 15) is 19.7 Å². The van der Waals surface area contributed by atoms with Crippen molar-refractivity contribution in [1.82, 2.24) is 5.32 Å². The number of carbonyl (C=O) groups is 2. The van der Waals surface area contributed by atoms with E-state index in [1.165, 1.54) is 19.1 Å². The number of rotatable bonds is 9. The minimum Gasteiger partial charge on any atom is -0.449 e. The molecule has 0 fully saturated rings. The zero-order valence-electron chi connectivity index (χ0n) is 16.7. The molecule has 2 aromatic carbocycles. The van der Waals surface area contributed by atoms with Crippen molar-refractivity contribution in [3.05, 3.63) is 69.8 Å². The number of nitro groups is 1. The molecule has 0 spiro atoms. The zero-order chi connectivity index (χ0) is 21.4. The first-order valence-corrected chi connectivity index (χ1v) is 9.33. The van der Waals surface area contributed by atoms with Gasteiger partial charge in [0.25, 0.3) is 11.6 Å². The smallest absolute Gasteiger partial charge is 0.339 e. The molecule has 2 rings (SSSR count). The third-order valence-electron chi connectivity index (χ3n) is 4.09. The number of hydrogen-bond acceptors (Lipinski definition) is 6. The van der Waals surface area contributed by atoms with Gasteiger partial charge in [-0.1, -0.05) is 44.2 Å². The van der Waals surface area contributed by atoms with Crippen molar-refractivity contribution in [2.75, 3.05) is 11.9 Å². The summed E-state index contributed by atoms with van der Waals surface area (Å²) < 4.78 is 5.14. The molecular formula is C21H25N3O5. The normalized spacial score (nSPS) is 11.6. The van der Waals surface area contributed by atoms with E-state index in [1.54, 1.807) is 0 Å². The summed E-state index contributed by atoms with van der Waals surface area (Å²) in [5.41, 5.74) is 1.02. The van der Waals surface area contributed by atoms with Crippen molar-refractivity contribution in [2.45, 2.75) is 33.4 Å². The van der Waals surface area contributed by atoms with E-state index in [-0.39, 0.29) is 22.9 Å². The maximum atomic E-state index is 12.3. The van der Waals surface area contributed by atoms with Gasteiger partial charge in [-0.15, -0.1) is 0 Å². The Morgan fingerprint density at radius 3 is 2.41 bits per heavy atom. The highest BCUT2D eigenvalue weighted by molar-refractivity contribution is 5.93. The van der Waals surface area contributed by atoms with Gasteiger partial charge in [0.05, 0.1) is 10.5 Å². The molecule has 0 aliphatic carbocycles. The van der Waals surface area contributed by atoms with Crippen LogP contribution in [0.25, 0.3) is 0 Å². The van der Waals surface area contributed by atoms with Crippen molar-refractivity contribution in [1.29, 1.82) is 0 Å². The van der Waals surface area contributed by atoms with Crippen LogP contribution in [0, 0.1) is 16.0 Å². The number of anilines is 1. The Morgan fingerprint density at radius 1 is 1.10 bits per heavy atom. The fourth-order valence-corrected chi connectivity index (χ4v) is 2.48. The Balaban J connectivity index is 2.07. The van der Waals surface area contributed by atoms with Crippen LogP contribution in [0.5, 0.6) is 0 Å². The molecule has 0 unspecified atom stereocenters. The molecule has 1 amide bonds. The quantitative estimate of drug-likeness (QED) is 0.379. The van der Waals surface area contributed by atoms with Crippen LogP contribution in [0.4, 0.5) is 11.4 Å². The van der Waals surface area contributed by atoms with E-state index < -0.39 is 22.9 Å². The summed E-state index contributed by atoms with van der Waals surface area (Å²) in [5.74, 6) is -0.946. The van der Waals surface area contributed by atoms with Crippen LogP contribution in [0.15, 0.2) is 48.5 Å². The summed E-state index contributed by atoms with van der Waals surface area (Å²) in [6, 6.07) is 13.5. The van der Waals surface area contributed by atoms with Gasteiger partial charge < -0.3 is 15.4 Å². The van der Waals surface area contributed by atoms with Crippen LogP contribution in [-0.4, -0.2) is 29.4 Å². The molecule has 2 aromatic rings. The number of nitrogens with zero attached hydrogens (tertiary/aromatic N) is 1. The second-order valence-corrected chi connectivity index (χ2v) is 7.01. The lowest BCUT2D eigenvalue weighted by Gasteiger charge is -2.15. The first kappa shape index (κ1) is 21.9. The predicted molar refractivity (Wildman–Crippen MR) is 110 cm³/mol.